The van der Waals surface area contributed by atoms with Crippen LogP contribution >= 0.6 is 11.6 Å². The van der Waals surface area contributed by atoms with Gasteiger partial charge >= 0.3 is 0 Å². The number of nitrogens with zero attached hydrogens (tertiary/aromatic N) is 4. The summed E-state index contributed by atoms with van der Waals surface area (Å²) in [6.07, 6.45) is 0. The predicted octanol–water partition coefficient (Wildman–Crippen LogP) is 3.53. The van der Waals surface area contributed by atoms with Gasteiger partial charge in [0, 0.05) is 68.4 Å². The number of halogens is 1. The van der Waals surface area contributed by atoms with Crippen LogP contribution < -0.4 is 4.90 Å². The number of rotatable bonds is 5. The van der Waals surface area contributed by atoms with Crippen LogP contribution in [0.15, 0.2) is 53.4 Å². The molecule has 0 N–H and O–H groups in total. The first kappa shape index (κ1) is 22.6. The highest BCUT2D eigenvalue weighted by Gasteiger charge is 2.26. The van der Waals surface area contributed by atoms with Crippen LogP contribution in [-0.4, -0.2) is 68.4 Å². The third-order valence-corrected chi connectivity index (χ3v) is 7.97. The van der Waals surface area contributed by atoms with Crippen LogP contribution in [0.4, 0.5) is 5.69 Å². The van der Waals surface area contributed by atoms with Gasteiger partial charge in [-0.2, -0.15) is 0 Å². The number of hydrogen-bond donors (Lipinski definition) is 0. The molecule has 9 heteroatoms. The molecular weight excluding hydrogens is 448 g/mol. The van der Waals surface area contributed by atoms with Gasteiger partial charge in [-0.05, 0) is 49.4 Å². The second-order valence-corrected chi connectivity index (χ2v) is 10.6. The molecule has 32 heavy (non-hydrogen) atoms. The largest absolute Gasteiger partial charge is 0.368 e. The van der Waals surface area contributed by atoms with Crippen LogP contribution in [0.25, 0.3) is 10.9 Å². The lowest BCUT2D eigenvalue weighted by Gasteiger charge is -2.36. The highest BCUT2D eigenvalue weighted by atomic mass is 35.5. The van der Waals surface area contributed by atoms with Gasteiger partial charge in [0.2, 0.25) is 10.0 Å². The van der Waals surface area contributed by atoms with E-state index in [-0.39, 0.29) is 10.8 Å². The van der Waals surface area contributed by atoms with E-state index in [1.807, 2.05) is 40.7 Å². The van der Waals surface area contributed by atoms with E-state index in [4.69, 9.17) is 11.6 Å². The average molecular weight is 475 g/mol. The van der Waals surface area contributed by atoms with E-state index in [1.165, 1.54) is 18.4 Å². The van der Waals surface area contributed by atoms with Crippen molar-refractivity contribution in [2.24, 2.45) is 0 Å². The maximum atomic E-state index is 13.4. The number of benzene rings is 2. The fourth-order valence-electron chi connectivity index (χ4n) is 4.14. The lowest BCUT2D eigenvalue weighted by Crippen LogP contribution is -2.49. The first-order valence-corrected chi connectivity index (χ1v) is 12.4. The summed E-state index contributed by atoms with van der Waals surface area (Å²) in [5, 5.41) is 1.44. The SMILES string of the molecule is CCn1c(C(=O)N2CCN(c3cccc(Cl)c3)CC2)cc2cc(S(=O)(=O)N(C)C)ccc21. The summed E-state index contributed by atoms with van der Waals surface area (Å²) in [5.41, 5.74) is 2.49. The molecule has 1 aromatic heterocycles. The molecule has 1 aliphatic heterocycles. The molecule has 1 fully saturated rings. The Bertz CT molecular complexity index is 1260. The van der Waals surface area contributed by atoms with Gasteiger partial charge in [0.25, 0.3) is 5.91 Å². The molecule has 7 nitrogen and oxygen atoms in total. The fraction of sp³-hybridized carbons (Fsp3) is 0.348. The average Bonchev–Trinajstić information content (AvgIpc) is 3.16. The number of piperazine rings is 1. The molecule has 0 aliphatic carbocycles. The van der Waals surface area contributed by atoms with Crippen LogP contribution in [0.1, 0.15) is 17.4 Å². The van der Waals surface area contributed by atoms with Crippen molar-refractivity contribution in [1.29, 1.82) is 0 Å². The second kappa shape index (κ2) is 8.77. The van der Waals surface area contributed by atoms with E-state index in [0.717, 1.165) is 29.7 Å². The molecule has 0 radical (unpaired) electrons. The van der Waals surface area contributed by atoms with Crippen LogP contribution in [0, 0.1) is 0 Å². The molecule has 1 aliphatic rings. The Hall–Kier alpha value is -2.55. The Morgan fingerprint density at radius 3 is 2.38 bits per heavy atom. The number of sulfonamides is 1. The van der Waals surface area contributed by atoms with Crippen molar-refractivity contribution in [3.05, 3.63) is 59.2 Å². The number of carbonyl (C=O) groups excluding carboxylic acids is 1. The number of aromatic nitrogens is 1. The van der Waals surface area contributed by atoms with Crippen LogP contribution in [0.2, 0.25) is 5.02 Å². The first-order chi connectivity index (χ1) is 15.2. The lowest BCUT2D eigenvalue weighted by atomic mass is 10.2. The summed E-state index contributed by atoms with van der Waals surface area (Å²) < 4.78 is 28.2. The Kier molecular flexibility index (Phi) is 6.20. The van der Waals surface area contributed by atoms with Gasteiger partial charge in [0.15, 0.2) is 0 Å². The van der Waals surface area contributed by atoms with E-state index in [1.54, 1.807) is 24.3 Å². The van der Waals surface area contributed by atoms with Gasteiger partial charge in [0.1, 0.15) is 5.69 Å². The molecule has 4 rings (SSSR count). The Balaban J connectivity index is 1.58. The monoisotopic (exact) mass is 474 g/mol. The summed E-state index contributed by atoms with van der Waals surface area (Å²) in [6, 6.07) is 14.6. The van der Waals surface area contributed by atoms with Gasteiger partial charge in [-0.15, -0.1) is 0 Å². The quantitative estimate of drug-likeness (QED) is 0.567. The van der Waals surface area contributed by atoms with Gasteiger partial charge in [-0.25, -0.2) is 12.7 Å². The van der Waals surface area contributed by atoms with Crippen LogP contribution in [-0.2, 0) is 16.6 Å². The van der Waals surface area contributed by atoms with Crippen molar-refractivity contribution in [2.75, 3.05) is 45.2 Å². The second-order valence-electron chi connectivity index (χ2n) is 8.04. The molecule has 3 aromatic rings. The number of carbonyl (C=O) groups is 1. The van der Waals surface area contributed by atoms with E-state index in [0.29, 0.717) is 30.4 Å². The number of amides is 1. The van der Waals surface area contributed by atoms with Crippen molar-refractivity contribution >= 4 is 44.1 Å². The van der Waals surface area contributed by atoms with Gasteiger partial charge in [-0.3, -0.25) is 4.79 Å². The summed E-state index contributed by atoms with van der Waals surface area (Å²) in [6.45, 7) is 5.27. The zero-order chi connectivity index (χ0) is 23.0. The van der Waals surface area contributed by atoms with E-state index >= 15 is 0 Å². The van der Waals surface area contributed by atoms with Crippen molar-refractivity contribution in [2.45, 2.75) is 18.4 Å². The normalized spacial score (nSPS) is 15.0. The molecule has 170 valence electrons. The van der Waals surface area contributed by atoms with Crippen molar-refractivity contribution in [3.63, 3.8) is 0 Å². The molecule has 2 heterocycles. The Labute approximate surface area is 193 Å². The maximum absolute atomic E-state index is 13.4. The minimum absolute atomic E-state index is 0.0363. The van der Waals surface area contributed by atoms with Crippen molar-refractivity contribution in [3.8, 4) is 0 Å². The Morgan fingerprint density at radius 1 is 1.03 bits per heavy atom. The smallest absolute Gasteiger partial charge is 0.270 e. The molecule has 0 atom stereocenters. The molecule has 1 amide bonds. The highest BCUT2D eigenvalue weighted by Crippen LogP contribution is 2.26. The molecule has 0 spiro atoms. The van der Waals surface area contributed by atoms with Gasteiger partial charge in [-0.1, -0.05) is 17.7 Å². The number of fused-ring (bicyclic) bond motifs is 1. The van der Waals surface area contributed by atoms with E-state index in [2.05, 4.69) is 4.90 Å². The molecule has 2 aromatic carbocycles. The van der Waals surface area contributed by atoms with Gasteiger partial charge < -0.3 is 14.4 Å². The van der Waals surface area contributed by atoms with E-state index in [9.17, 15) is 13.2 Å². The predicted molar refractivity (Wildman–Crippen MR) is 128 cm³/mol. The Morgan fingerprint density at radius 2 is 1.75 bits per heavy atom. The third kappa shape index (κ3) is 4.10. The third-order valence-electron chi connectivity index (χ3n) is 5.93. The summed E-state index contributed by atoms with van der Waals surface area (Å²) >= 11 is 6.12. The summed E-state index contributed by atoms with van der Waals surface area (Å²) in [5.74, 6) is -0.0363. The minimum Gasteiger partial charge on any atom is -0.368 e. The topological polar surface area (TPSA) is 65.9 Å². The number of anilines is 1. The molecular formula is C23H27ClN4O3S. The number of hydrogen-bond acceptors (Lipinski definition) is 4. The standard InChI is InChI=1S/C23H27ClN4O3S/c1-4-28-21-9-8-20(32(30,31)25(2)3)14-17(21)15-22(28)23(29)27-12-10-26(11-13-27)19-7-5-6-18(24)16-19/h5-9,14-16H,4,10-13H2,1-3H3. The molecule has 0 bridgehead atoms. The minimum atomic E-state index is -3.54. The molecule has 0 unspecified atom stereocenters. The maximum Gasteiger partial charge on any atom is 0.270 e. The zero-order valence-corrected chi connectivity index (χ0v) is 20.0. The van der Waals surface area contributed by atoms with Crippen LogP contribution in [0.3, 0.4) is 0 Å². The van der Waals surface area contributed by atoms with Crippen LogP contribution in [0.5, 0.6) is 0 Å². The van der Waals surface area contributed by atoms with Gasteiger partial charge in [0.05, 0.1) is 4.90 Å². The summed E-state index contributed by atoms with van der Waals surface area (Å²) in [4.78, 5) is 17.7. The first-order valence-electron chi connectivity index (χ1n) is 10.6. The zero-order valence-electron chi connectivity index (χ0n) is 18.5. The lowest BCUT2D eigenvalue weighted by molar-refractivity contribution is 0.0736. The van der Waals surface area contributed by atoms with E-state index < -0.39 is 10.0 Å². The fourth-order valence-corrected chi connectivity index (χ4v) is 5.26. The molecule has 1 saturated heterocycles. The molecule has 0 saturated carbocycles. The summed E-state index contributed by atoms with van der Waals surface area (Å²) in [7, 11) is -0.524. The van der Waals surface area contributed by atoms with Crippen molar-refractivity contribution < 1.29 is 13.2 Å². The van der Waals surface area contributed by atoms with Crippen molar-refractivity contribution in [1.82, 2.24) is 13.8 Å². The number of aryl methyl sites for hydroxylation is 1. The highest BCUT2D eigenvalue weighted by molar-refractivity contribution is 7.89.